The number of hydrogen-bond donors (Lipinski definition) is 0. The smallest absolute Gasteiger partial charge is 0.266 e. The summed E-state index contributed by atoms with van der Waals surface area (Å²) in [7, 11) is 0. The normalized spacial score (nSPS) is 11.5. The first kappa shape index (κ1) is 19.5. The third-order valence-electron chi connectivity index (χ3n) is 5.24. The lowest BCUT2D eigenvalue weighted by molar-refractivity contribution is 0.615. The van der Waals surface area contributed by atoms with Gasteiger partial charge in [-0.3, -0.25) is 9.36 Å². The van der Waals surface area contributed by atoms with Crippen LogP contribution in [0, 0.1) is 19.7 Å². The summed E-state index contributed by atoms with van der Waals surface area (Å²) >= 11 is 1.41. The monoisotopic (exact) mass is 430 g/mol. The van der Waals surface area contributed by atoms with Gasteiger partial charge in [-0.2, -0.15) is 0 Å². The molecule has 154 valence electrons. The van der Waals surface area contributed by atoms with Crippen LogP contribution in [0.15, 0.2) is 76.9 Å². The highest BCUT2D eigenvalue weighted by Crippen LogP contribution is 2.25. The third kappa shape index (κ3) is 3.51. The van der Waals surface area contributed by atoms with E-state index >= 15 is 0 Å². The van der Waals surface area contributed by atoms with Crippen LogP contribution < -0.4 is 5.56 Å². The zero-order valence-electron chi connectivity index (χ0n) is 17.0. The van der Waals surface area contributed by atoms with Crippen molar-refractivity contribution in [2.75, 3.05) is 0 Å². The fourth-order valence-corrected chi connectivity index (χ4v) is 4.47. The lowest BCUT2D eigenvalue weighted by atomic mass is 10.2. The lowest BCUT2D eigenvalue weighted by Gasteiger charge is -2.13. The van der Waals surface area contributed by atoms with Crippen molar-refractivity contribution in [3.05, 3.63) is 100.0 Å². The highest BCUT2D eigenvalue weighted by molar-refractivity contribution is 7.98. The van der Waals surface area contributed by atoms with E-state index in [0.29, 0.717) is 33.1 Å². The van der Waals surface area contributed by atoms with Gasteiger partial charge in [0.25, 0.3) is 5.56 Å². The number of aryl methyl sites for hydroxylation is 2. The summed E-state index contributed by atoms with van der Waals surface area (Å²) in [4.78, 5) is 22.7. The first-order valence-corrected chi connectivity index (χ1v) is 10.8. The van der Waals surface area contributed by atoms with Crippen LogP contribution in [-0.4, -0.2) is 18.9 Å². The van der Waals surface area contributed by atoms with Crippen molar-refractivity contribution in [3.63, 3.8) is 0 Å². The molecule has 3 aromatic heterocycles. The van der Waals surface area contributed by atoms with Gasteiger partial charge in [0, 0.05) is 18.1 Å². The largest absolute Gasteiger partial charge is 0.307 e. The Balaban J connectivity index is 1.61. The fraction of sp³-hybridized carbons (Fsp3) is 0.125. The number of halogens is 1. The molecule has 5 nitrogen and oxygen atoms in total. The van der Waals surface area contributed by atoms with Crippen LogP contribution in [0.25, 0.3) is 22.2 Å². The molecule has 0 spiro atoms. The summed E-state index contributed by atoms with van der Waals surface area (Å²) in [5.74, 6) is 0.171. The third-order valence-corrected chi connectivity index (χ3v) is 6.21. The Morgan fingerprint density at radius 2 is 1.84 bits per heavy atom. The molecule has 0 radical (unpaired) electrons. The predicted molar refractivity (Wildman–Crippen MR) is 122 cm³/mol. The van der Waals surface area contributed by atoms with E-state index in [1.165, 1.54) is 22.4 Å². The molecule has 5 aromatic rings. The molecule has 0 bridgehead atoms. The zero-order chi connectivity index (χ0) is 21.5. The van der Waals surface area contributed by atoms with Crippen LogP contribution in [0.4, 0.5) is 4.39 Å². The van der Waals surface area contributed by atoms with Gasteiger partial charge >= 0.3 is 0 Å². The molecule has 5 rings (SSSR count). The molecule has 0 amide bonds. The number of hydrogen-bond acceptors (Lipinski definition) is 4. The number of pyridine rings is 1. The average molecular weight is 431 g/mol. The number of para-hydroxylation sites is 1. The number of rotatable bonds is 4. The topological polar surface area (TPSA) is 52.2 Å². The van der Waals surface area contributed by atoms with E-state index in [-0.39, 0.29) is 11.4 Å². The van der Waals surface area contributed by atoms with Gasteiger partial charge in [-0.25, -0.2) is 14.4 Å². The average Bonchev–Trinajstić information content (AvgIpc) is 3.19. The first-order chi connectivity index (χ1) is 15.0. The van der Waals surface area contributed by atoms with E-state index in [1.807, 2.05) is 48.0 Å². The van der Waals surface area contributed by atoms with Gasteiger partial charge in [0.1, 0.15) is 11.5 Å². The molecule has 0 N–H and O–H groups in total. The highest BCUT2D eigenvalue weighted by atomic mass is 32.2. The number of fused-ring (bicyclic) bond motifs is 2. The van der Waals surface area contributed by atoms with Crippen molar-refractivity contribution in [1.82, 2.24) is 18.9 Å². The van der Waals surface area contributed by atoms with Gasteiger partial charge in [0.2, 0.25) is 0 Å². The Hall–Kier alpha value is -3.45. The minimum absolute atomic E-state index is 0.220. The Morgan fingerprint density at radius 3 is 2.65 bits per heavy atom. The maximum absolute atomic E-state index is 14.3. The molecule has 2 aromatic carbocycles. The van der Waals surface area contributed by atoms with Gasteiger partial charge in [-0.05, 0) is 55.3 Å². The molecule has 0 saturated heterocycles. The van der Waals surface area contributed by atoms with Crippen molar-refractivity contribution >= 4 is 28.3 Å². The molecule has 0 saturated carbocycles. The van der Waals surface area contributed by atoms with Gasteiger partial charge in [0.05, 0.1) is 22.3 Å². The zero-order valence-corrected chi connectivity index (χ0v) is 17.9. The Kier molecular flexibility index (Phi) is 4.82. The molecule has 0 aliphatic heterocycles. The molecule has 0 unspecified atom stereocenters. The van der Waals surface area contributed by atoms with Crippen molar-refractivity contribution in [2.24, 2.45) is 0 Å². The summed E-state index contributed by atoms with van der Waals surface area (Å²) in [6.45, 7) is 3.72. The summed E-state index contributed by atoms with van der Waals surface area (Å²) in [5, 5.41) is 0.997. The molecular formula is C24H19FN4OS. The summed E-state index contributed by atoms with van der Waals surface area (Å²) in [6, 6.07) is 16.0. The predicted octanol–water partition coefficient (Wildman–Crippen LogP) is 5.08. The molecule has 0 aliphatic carbocycles. The van der Waals surface area contributed by atoms with E-state index < -0.39 is 0 Å². The van der Waals surface area contributed by atoms with E-state index in [2.05, 4.69) is 0 Å². The summed E-state index contributed by atoms with van der Waals surface area (Å²) < 4.78 is 17.8. The molecule has 3 heterocycles. The van der Waals surface area contributed by atoms with Crippen LogP contribution in [-0.2, 0) is 5.75 Å². The lowest BCUT2D eigenvalue weighted by Crippen LogP contribution is -2.22. The number of imidazole rings is 1. The maximum atomic E-state index is 14.3. The highest BCUT2D eigenvalue weighted by Gasteiger charge is 2.15. The number of thioether (sulfide) groups is 1. The molecule has 31 heavy (non-hydrogen) atoms. The van der Waals surface area contributed by atoms with Crippen molar-refractivity contribution in [1.29, 1.82) is 0 Å². The molecule has 0 aliphatic rings. The fourth-order valence-electron chi connectivity index (χ4n) is 3.57. The van der Waals surface area contributed by atoms with Gasteiger partial charge in [-0.15, -0.1) is 0 Å². The quantitative estimate of drug-likeness (QED) is 0.295. The number of benzene rings is 2. The van der Waals surface area contributed by atoms with E-state index in [4.69, 9.17) is 9.97 Å². The minimum Gasteiger partial charge on any atom is -0.307 e. The van der Waals surface area contributed by atoms with Crippen molar-refractivity contribution in [2.45, 2.75) is 24.8 Å². The maximum Gasteiger partial charge on any atom is 0.266 e. The van der Waals surface area contributed by atoms with Crippen molar-refractivity contribution < 1.29 is 4.39 Å². The second-order valence-electron chi connectivity index (χ2n) is 7.43. The van der Waals surface area contributed by atoms with E-state index in [1.54, 1.807) is 31.2 Å². The summed E-state index contributed by atoms with van der Waals surface area (Å²) in [6.07, 6.45) is 3.94. The SMILES string of the molecule is Cc1ccc(-n2c(SCc3cn4cccc(C)c4n3)nc3ccccc3c2=O)cc1F. The van der Waals surface area contributed by atoms with E-state index in [9.17, 15) is 9.18 Å². The van der Waals surface area contributed by atoms with Gasteiger partial charge < -0.3 is 4.40 Å². The molecular weight excluding hydrogens is 411 g/mol. The number of aromatic nitrogens is 4. The van der Waals surface area contributed by atoms with Gasteiger partial charge in [0.15, 0.2) is 5.16 Å². The van der Waals surface area contributed by atoms with Crippen LogP contribution in [0.5, 0.6) is 0 Å². The second kappa shape index (κ2) is 7.67. The first-order valence-electron chi connectivity index (χ1n) is 9.85. The van der Waals surface area contributed by atoms with Crippen LogP contribution in [0.1, 0.15) is 16.8 Å². The standard InChI is InChI=1S/C24H19FN4OS/c1-15-9-10-18(12-20(15)25)29-23(30)19-7-3-4-8-21(19)27-24(29)31-14-17-13-28-11-5-6-16(2)22(28)26-17/h3-13H,14H2,1-2H3. The van der Waals surface area contributed by atoms with Crippen LogP contribution in [0.3, 0.4) is 0 Å². The minimum atomic E-state index is -0.357. The summed E-state index contributed by atoms with van der Waals surface area (Å²) in [5.41, 5.74) is 4.26. The van der Waals surface area contributed by atoms with Crippen molar-refractivity contribution in [3.8, 4) is 5.69 Å². The Labute approximate surface area is 182 Å². The van der Waals surface area contributed by atoms with Gasteiger partial charge in [-0.1, -0.05) is 36.0 Å². The molecule has 0 atom stereocenters. The molecule has 0 fully saturated rings. The second-order valence-corrected chi connectivity index (χ2v) is 8.37. The van der Waals surface area contributed by atoms with Crippen LogP contribution in [0.2, 0.25) is 0 Å². The van der Waals surface area contributed by atoms with E-state index in [0.717, 1.165) is 16.9 Å². The van der Waals surface area contributed by atoms with Crippen LogP contribution >= 0.6 is 11.8 Å². The Morgan fingerprint density at radius 1 is 1.00 bits per heavy atom. The number of nitrogens with zero attached hydrogens (tertiary/aromatic N) is 4. The molecule has 7 heteroatoms. The Bertz CT molecular complexity index is 1510.